The van der Waals surface area contributed by atoms with Crippen LogP contribution in [-0.2, 0) is 0 Å². The van der Waals surface area contributed by atoms with Gasteiger partial charge in [-0.2, -0.15) is 0 Å². The lowest BCUT2D eigenvalue weighted by Crippen LogP contribution is -2.27. The highest BCUT2D eigenvalue weighted by Crippen LogP contribution is 2.19. The minimum absolute atomic E-state index is 0.196. The summed E-state index contributed by atoms with van der Waals surface area (Å²) in [6.45, 7) is 1.83. The zero-order valence-corrected chi connectivity index (χ0v) is 13.8. The number of amides is 1. The van der Waals surface area contributed by atoms with Crippen molar-refractivity contribution in [3.8, 4) is 11.4 Å². The van der Waals surface area contributed by atoms with Gasteiger partial charge in [0.25, 0.3) is 5.91 Å². The van der Waals surface area contributed by atoms with Crippen LogP contribution in [0.15, 0.2) is 54.6 Å². The summed E-state index contributed by atoms with van der Waals surface area (Å²) < 4.78 is 6.80. The molecule has 1 amide bonds. The Morgan fingerprint density at radius 3 is 2.38 bits per heavy atom. The minimum Gasteiger partial charge on any atom is -0.497 e. The van der Waals surface area contributed by atoms with E-state index in [9.17, 15) is 4.79 Å². The summed E-state index contributed by atoms with van der Waals surface area (Å²) in [5.74, 6) is 0.565. The molecule has 0 bridgehead atoms. The standard InChI is InChI=1S/C18H18N4O2/c1-13-17(18(23)21(2)14-7-5-4-6-8-14)19-20-22(13)15-9-11-16(24-3)12-10-15/h4-12H,1-3H3. The number of methoxy groups -OCH3 is 1. The van der Waals surface area contributed by atoms with Gasteiger partial charge in [0.05, 0.1) is 18.5 Å². The predicted molar refractivity (Wildman–Crippen MR) is 91.8 cm³/mol. The van der Waals surface area contributed by atoms with Gasteiger partial charge in [-0.1, -0.05) is 23.4 Å². The van der Waals surface area contributed by atoms with E-state index in [1.807, 2.05) is 61.5 Å². The minimum atomic E-state index is -0.196. The quantitative estimate of drug-likeness (QED) is 0.741. The van der Waals surface area contributed by atoms with Gasteiger partial charge in [-0.3, -0.25) is 4.79 Å². The molecule has 0 radical (unpaired) electrons. The molecule has 0 spiro atoms. The number of hydrogen-bond donors (Lipinski definition) is 0. The lowest BCUT2D eigenvalue weighted by Gasteiger charge is -2.16. The van der Waals surface area contributed by atoms with Gasteiger partial charge in [0, 0.05) is 12.7 Å². The molecule has 6 nitrogen and oxygen atoms in total. The maximum atomic E-state index is 12.7. The van der Waals surface area contributed by atoms with Crippen molar-refractivity contribution in [3.63, 3.8) is 0 Å². The smallest absolute Gasteiger partial charge is 0.280 e. The topological polar surface area (TPSA) is 60.2 Å². The van der Waals surface area contributed by atoms with Crippen LogP contribution in [0.3, 0.4) is 0 Å². The van der Waals surface area contributed by atoms with E-state index in [1.54, 1.807) is 23.7 Å². The molecule has 3 rings (SSSR count). The molecule has 0 aliphatic heterocycles. The van der Waals surface area contributed by atoms with E-state index in [1.165, 1.54) is 0 Å². The zero-order chi connectivity index (χ0) is 17.1. The fraction of sp³-hybridized carbons (Fsp3) is 0.167. The largest absolute Gasteiger partial charge is 0.497 e. The summed E-state index contributed by atoms with van der Waals surface area (Å²) in [5, 5.41) is 8.19. The summed E-state index contributed by atoms with van der Waals surface area (Å²) in [6.07, 6.45) is 0. The van der Waals surface area contributed by atoms with Crippen LogP contribution < -0.4 is 9.64 Å². The van der Waals surface area contributed by atoms with Crippen LogP contribution in [0.1, 0.15) is 16.2 Å². The van der Waals surface area contributed by atoms with Gasteiger partial charge in [0.1, 0.15) is 5.75 Å². The average molecular weight is 322 g/mol. The molecule has 0 saturated carbocycles. The van der Waals surface area contributed by atoms with Gasteiger partial charge in [0.2, 0.25) is 0 Å². The van der Waals surface area contributed by atoms with Gasteiger partial charge in [-0.05, 0) is 43.3 Å². The fourth-order valence-electron chi connectivity index (χ4n) is 2.42. The Morgan fingerprint density at radius 1 is 1.08 bits per heavy atom. The zero-order valence-electron chi connectivity index (χ0n) is 13.8. The molecule has 0 N–H and O–H groups in total. The molecule has 2 aromatic carbocycles. The molecule has 6 heteroatoms. The number of carbonyl (C=O) groups excluding carboxylic acids is 1. The van der Waals surface area contributed by atoms with Gasteiger partial charge in [-0.15, -0.1) is 5.10 Å². The normalized spacial score (nSPS) is 10.5. The Kier molecular flexibility index (Phi) is 4.29. The molecule has 1 aromatic heterocycles. The van der Waals surface area contributed by atoms with Crippen LogP contribution in [0.25, 0.3) is 5.69 Å². The van der Waals surface area contributed by atoms with Crippen LogP contribution in [0, 0.1) is 6.92 Å². The maximum absolute atomic E-state index is 12.7. The van der Waals surface area contributed by atoms with Crippen molar-refractivity contribution >= 4 is 11.6 Å². The van der Waals surface area contributed by atoms with Gasteiger partial charge in [0.15, 0.2) is 5.69 Å². The highest BCUT2D eigenvalue weighted by atomic mass is 16.5. The highest BCUT2D eigenvalue weighted by Gasteiger charge is 2.21. The van der Waals surface area contributed by atoms with E-state index in [0.29, 0.717) is 11.4 Å². The Bertz CT molecular complexity index is 841. The third kappa shape index (κ3) is 2.86. The lowest BCUT2D eigenvalue weighted by atomic mass is 10.2. The molecule has 0 atom stereocenters. The average Bonchev–Trinajstić information content (AvgIpc) is 3.02. The van der Waals surface area contributed by atoms with Crippen LogP contribution in [0.2, 0.25) is 0 Å². The van der Waals surface area contributed by atoms with E-state index >= 15 is 0 Å². The predicted octanol–water partition coefficient (Wildman–Crippen LogP) is 2.86. The number of hydrogen-bond acceptors (Lipinski definition) is 4. The molecular weight excluding hydrogens is 304 g/mol. The molecule has 0 fully saturated rings. The van der Waals surface area contributed by atoms with Gasteiger partial charge in [-0.25, -0.2) is 4.68 Å². The van der Waals surface area contributed by atoms with Crippen molar-refractivity contribution < 1.29 is 9.53 Å². The summed E-state index contributed by atoms with van der Waals surface area (Å²) in [7, 11) is 3.34. The van der Waals surface area contributed by atoms with E-state index in [2.05, 4.69) is 10.3 Å². The van der Waals surface area contributed by atoms with E-state index in [0.717, 1.165) is 17.1 Å². The van der Waals surface area contributed by atoms with Crippen molar-refractivity contribution in [2.45, 2.75) is 6.92 Å². The number of aromatic nitrogens is 3. The van der Waals surface area contributed by atoms with E-state index in [4.69, 9.17) is 4.74 Å². The number of carbonyl (C=O) groups is 1. The summed E-state index contributed by atoms with van der Waals surface area (Å²) in [4.78, 5) is 14.3. The molecule has 24 heavy (non-hydrogen) atoms. The van der Waals surface area contributed by atoms with E-state index in [-0.39, 0.29) is 5.91 Å². The maximum Gasteiger partial charge on any atom is 0.280 e. The summed E-state index contributed by atoms with van der Waals surface area (Å²) >= 11 is 0. The third-order valence-corrected chi connectivity index (χ3v) is 3.86. The van der Waals surface area contributed by atoms with Crippen LogP contribution in [-0.4, -0.2) is 35.1 Å². The number of anilines is 1. The monoisotopic (exact) mass is 322 g/mol. The first-order valence-electron chi connectivity index (χ1n) is 7.51. The number of rotatable bonds is 4. The first-order valence-corrected chi connectivity index (χ1v) is 7.51. The van der Waals surface area contributed by atoms with Crippen molar-refractivity contribution in [1.29, 1.82) is 0 Å². The first-order chi connectivity index (χ1) is 11.6. The SMILES string of the molecule is COc1ccc(-n2nnc(C(=O)N(C)c3ccccc3)c2C)cc1. The Balaban J connectivity index is 1.90. The summed E-state index contributed by atoms with van der Waals surface area (Å²) in [5.41, 5.74) is 2.65. The van der Waals surface area contributed by atoms with Crippen LogP contribution >= 0.6 is 0 Å². The van der Waals surface area contributed by atoms with Gasteiger partial charge < -0.3 is 9.64 Å². The summed E-state index contributed by atoms with van der Waals surface area (Å²) in [6, 6.07) is 16.9. The second-order valence-electron chi connectivity index (χ2n) is 5.33. The van der Waals surface area contributed by atoms with Crippen molar-refractivity contribution in [2.75, 3.05) is 19.1 Å². The van der Waals surface area contributed by atoms with Crippen molar-refractivity contribution in [1.82, 2.24) is 15.0 Å². The Labute approximate surface area is 140 Å². The number of ether oxygens (including phenoxy) is 1. The molecule has 0 aliphatic carbocycles. The number of para-hydroxylation sites is 1. The molecule has 0 aliphatic rings. The third-order valence-electron chi connectivity index (χ3n) is 3.86. The first kappa shape index (κ1) is 15.7. The van der Waals surface area contributed by atoms with E-state index < -0.39 is 0 Å². The van der Waals surface area contributed by atoms with Crippen molar-refractivity contribution in [3.05, 3.63) is 66.0 Å². The molecule has 0 unspecified atom stereocenters. The second kappa shape index (κ2) is 6.54. The molecule has 0 saturated heterocycles. The number of benzene rings is 2. The van der Waals surface area contributed by atoms with Crippen molar-refractivity contribution in [2.24, 2.45) is 0 Å². The molecule has 1 heterocycles. The second-order valence-corrected chi connectivity index (χ2v) is 5.33. The number of nitrogens with zero attached hydrogens (tertiary/aromatic N) is 4. The fourth-order valence-corrected chi connectivity index (χ4v) is 2.42. The van der Waals surface area contributed by atoms with Gasteiger partial charge >= 0.3 is 0 Å². The lowest BCUT2D eigenvalue weighted by molar-refractivity contribution is 0.0987. The highest BCUT2D eigenvalue weighted by molar-refractivity contribution is 6.05. The molecular formula is C18H18N4O2. The Hall–Kier alpha value is -3.15. The van der Waals surface area contributed by atoms with Crippen LogP contribution in [0.5, 0.6) is 5.75 Å². The van der Waals surface area contributed by atoms with Crippen LogP contribution in [0.4, 0.5) is 5.69 Å². The molecule has 122 valence electrons. The Morgan fingerprint density at radius 2 is 1.75 bits per heavy atom. The molecule has 3 aromatic rings.